The smallest absolute Gasteiger partial charge is 0.290 e. The Morgan fingerprint density at radius 3 is 2.56 bits per heavy atom. The van der Waals surface area contributed by atoms with Crippen molar-refractivity contribution in [3.05, 3.63) is 0 Å². The normalized spacial score (nSPS) is 29.1. The van der Waals surface area contributed by atoms with E-state index in [-0.39, 0.29) is 11.7 Å². The van der Waals surface area contributed by atoms with Gasteiger partial charge in [0.2, 0.25) is 5.78 Å². The van der Waals surface area contributed by atoms with Crippen LogP contribution in [0, 0.1) is 0 Å². The molecule has 0 spiro atoms. The molecule has 1 atom stereocenters. The molecule has 2 rings (SSSR count). The van der Waals surface area contributed by atoms with Crippen LogP contribution in [0.15, 0.2) is 0 Å². The zero-order valence-electron chi connectivity index (χ0n) is 9.98. The van der Waals surface area contributed by atoms with Crippen molar-refractivity contribution in [3.8, 4) is 0 Å². The number of hydrogen-bond acceptors (Lipinski definition) is 4. The molecule has 0 aliphatic carbocycles. The second kappa shape index (κ2) is 4.51. The van der Waals surface area contributed by atoms with Gasteiger partial charge in [-0.2, -0.15) is 0 Å². The van der Waals surface area contributed by atoms with E-state index >= 15 is 0 Å². The molecule has 0 radical (unpaired) electrons. The number of piperazine rings is 1. The lowest BCUT2D eigenvalue weighted by molar-refractivity contribution is -0.140. The Morgan fingerprint density at radius 1 is 1.19 bits per heavy atom. The number of ketones is 1. The first kappa shape index (κ1) is 11.5. The molecule has 5 nitrogen and oxygen atoms in total. The van der Waals surface area contributed by atoms with Gasteiger partial charge >= 0.3 is 0 Å². The van der Waals surface area contributed by atoms with E-state index in [2.05, 4.69) is 23.9 Å². The Morgan fingerprint density at radius 2 is 1.94 bits per heavy atom. The molecule has 1 unspecified atom stereocenters. The summed E-state index contributed by atoms with van der Waals surface area (Å²) < 4.78 is 0. The fraction of sp³-hybridized carbons (Fsp3) is 0.818. The molecule has 2 aliphatic rings. The maximum atomic E-state index is 11.5. The molecular weight excluding hydrogens is 206 g/mol. The topological polar surface area (TPSA) is 43.9 Å². The molecule has 0 N–H and O–H groups in total. The standard InChI is InChI=1S/C11H19N3O2/c1-12-5-6-13(2)9(7-12)8-14-4-3-10(15)11(14)16/h9H,3-8H2,1-2H3. The van der Waals surface area contributed by atoms with Gasteiger partial charge in [-0.1, -0.05) is 0 Å². The van der Waals surface area contributed by atoms with Crippen LogP contribution in [0.3, 0.4) is 0 Å². The summed E-state index contributed by atoms with van der Waals surface area (Å²) in [4.78, 5) is 28.9. The van der Waals surface area contributed by atoms with E-state index in [9.17, 15) is 9.59 Å². The van der Waals surface area contributed by atoms with Crippen LogP contribution < -0.4 is 0 Å². The SMILES string of the molecule is CN1CCN(C)C(CN2CCC(=O)C2=O)C1. The second-order valence-electron chi connectivity index (χ2n) is 4.82. The number of amides is 1. The maximum Gasteiger partial charge on any atom is 0.290 e. The highest BCUT2D eigenvalue weighted by Crippen LogP contribution is 2.12. The Kier molecular flexibility index (Phi) is 3.25. The first-order chi connectivity index (χ1) is 7.58. The van der Waals surface area contributed by atoms with Crippen molar-refractivity contribution in [1.29, 1.82) is 0 Å². The third kappa shape index (κ3) is 2.25. The molecule has 0 aromatic rings. The fourth-order valence-electron chi connectivity index (χ4n) is 2.35. The highest BCUT2D eigenvalue weighted by atomic mass is 16.2. The number of rotatable bonds is 2. The van der Waals surface area contributed by atoms with Gasteiger partial charge in [0.25, 0.3) is 5.91 Å². The third-order valence-electron chi connectivity index (χ3n) is 3.55. The number of carbonyl (C=O) groups is 2. The van der Waals surface area contributed by atoms with Crippen molar-refractivity contribution >= 4 is 11.7 Å². The molecule has 16 heavy (non-hydrogen) atoms. The number of hydrogen-bond donors (Lipinski definition) is 0. The van der Waals surface area contributed by atoms with Crippen molar-refractivity contribution in [1.82, 2.24) is 14.7 Å². The monoisotopic (exact) mass is 225 g/mol. The molecule has 2 fully saturated rings. The van der Waals surface area contributed by atoms with Crippen LogP contribution in [0.2, 0.25) is 0 Å². The molecule has 0 aromatic heterocycles. The zero-order valence-corrected chi connectivity index (χ0v) is 9.98. The number of nitrogens with zero attached hydrogens (tertiary/aromatic N) is 3. The lowest BCUT2D eigenvalue weighted by Gasteiger charge is -2.39. The van der Waals surface area contributed by atoms with Gasteiger partial charge in [0.15, 0.2) is 0 Å². The van der Waals surface area contributed by atoms with Crippen LogP contribution in [0.4, 0.5) is 0 Å². The first-order valence-corrected chi connectivity index (χ1v) is 5.79. The van der Waals surface area contributed by atoms with Crippen LogP contribution in [0.25, 0.3) is 0 Å². The minimum atomic E-state index is -0.290. The van der Waals surface area contributed by atoms with Crippen LogP contribution >= 0.6 is 0 Å². The van der Waals surface area contributed by atoms with Gasteiger partial charge in [0.1, 0.15) is 0 Å². The summed E-state index contributed by atoms with van der Waals surface area (Å²) in [6.45, 7) is 4.35. The molecule has 5 heteroatoms. The Balaban J connectivity index is 1.93. The minimum absolute atomic E-state index is 0.230. The molecule has 0 saturated carbocycles. The number of likely N-dealkylation sites (tertiary alicyclic amines) is 1. The summed E-state index contributed by atoms with van der Waals surface area (Å²) in [5.74, 6) is -0.520. The van der Waals surface area contributed by atoms with Crippen molar-refractivity contribution in [2.45, 2.75) is 12.5 Å². The Bertz CT molecular complexity index is 306. The summed E-state index contributed by atoms with van der Waals surface area (Å²) in [5.41, 5.74) is 0. The summed E-state index contributed by atoms with van der Waals surface area (Å²) in [6, 6.07) is 0.355. The summed E-state index contributed by atoms with van der Waals surface area (Å²) >= 11 is 0. The van der Waals surface area contributed by atoms with Gasteiger partial charge in [0.05, 0.1) is 0 Å². The van der Waals surface area contributed by atoms with Gasteiger partial charge in [-0.05, 0) is 14.1 Å². The lowest BCUT2D eigenvalue weighted by Crippen LogP contribution is -2.54. The highest BCUT2D eigenvalue weighted by Gasteiger charge is 2.33. The Labute approximate surface area is 96.0 Å². The molecule has 0 aromatic carbocycles. The largest absolute Gasteiger partial charge is 0.334 e. The van der Waals surface area contributed by atoms with Crippen LogP contribution in [0.5, 0.6) is 0 Å². The molecule has 1 amide bonds. The molecule has 2 saturated heterocycles. The molecule has 2 heterocycles. The lowest BCUT2D eigenvalue weighted by atomic mass is 10.2. The van der Waals surface area contributed by atoms with Crippen LogP contribution in [0.1, 0.15) is 6.42 Å². The second-order valence-corrected chi connectivity index (χ2v) is 4.82. The average Bonchev–Trinajstić information content (AvgIpc) is 2.55. The molecule has 90 valence electrons. The van der Waals surface area contributed by atoms with E-state index in [1.165, 1.54) is 0 Å². The van der Waals surface area contributed by atoms with Gasteiger partial charge in [-0.15, -0.1) is 0 Å². The molecule has 0 bridgehead atoms. The Hall–Kier alpha value is -0.940. The van der Waals surface area contributed by atoms with Crippen molar-refractivity contribution < 1.29 is 9.59 Å². The van der Waals surface area contributed by atoms with Crippen molar-refractivity contribution in [2.24, 2.45) is 0 Å². The van der Waals surface area contributed by atoms with E-state index in [0.29, 0.717) is 25.6 Å². The van der Waals surface area contributed by atoms with E-state index < -0.39 is 0 Å². The minimum Gasteiger partial charge on any atom is -0.334 e. The average molecular weight is 225 g/mol. The van der Waals surface area contributed by atoms with Gasteiger partial charge in [-0.3, -0.25) is 14.5 Å². The summed E-state index contributed by atoms with van der Waals surface area (Å²) in [6.07, 6.45) is 0.394. The van der Waals surface area contributed by atoms with E-state index in [1.54, 1.807) is 4.90 Å². The maximum absolute atomic E-state index is 11.5. The fourth-order valence-corrected chi connectivity index (χ4v) is 2.35. The zero-order chi connectivity index (χ0) is 11.7. The van der Waals surface area contributed by atoms with Crippen molar-refractivity contribution in [2.75, 3.05) is 46.8 Å². The van der Waals surface area contributed by atoms with E-state index in [1.807, 2.05) is 0 Å². The summed E-state index contributed by atoms with van der Waals surface area (Å²) in [7, 11) is 4.18. The highest BCUT2D eigenvalue weighted by molar-refractivity contribution is 6.37. The quantitative estimate of drug-likeness (QED) is 0.567. The number of likely N-dealkylation sites (N-methyl/N-ethyl adjacent to an activating group) is 2. The summed E-state index contributed by atoms with van der Waals surface area (Å²) in [5, 5.41) is 0. The predicted molar refractivity (Wildman–Crippen MR) is 60.1 cm³/mol. The number of Topliss-reactive ketones (excluding diaryl/α,β-unsaturated/α-hetero) is 1. The van der Waals surface area contributed by atoms with E-state index in [0.717, 1.165) is 19.6 Å². The number of carbonyl (C=O) groups excluding carboxylic acids is 2. The van der Waals surface area contributed by atoms with Gasteiger partial charge < -0.3 is 9.80 Å². The van der Waals surface area contributed by atoms with Crippen molar-refractivity contribution in [3.63, 3.8) is 0 Å². The van der Waals surface area contributed by atoms with Crippen LogP contribution in [-0.4, -0.2) is 79.3 Å². The first-order valence-electron chi connectivity index (χ1n) is 5.79. The molecular formula is C11H19N3O2. The van der Waals surface area contributed by atoms with Crippen LogP contribution in [-0.2, 0) is 9.59 Å². The molecule has 2 aliphatic heterocycles. The van der Waals surface area contributed by atoms with Gasteiger partial charge in [-0.25, -0.2) is 0 Å². The predicted octanol–water partition coefficient (Wildman–Crippen LogP) is -0.966. The third-order valence-corrected chi connectivity index (χ3v) is 3.55. The van der Waals surface area contributed by atoms with E-state index in [4.69, 9.17) is 0 Å². The van der Waals surface area contributed by atoms with Gasteiger partial charge in [0, 0.05) is 45.2 Å².